The topological polar surface area (TPSA) is 71.9 Å². The lowest BCUT2D eigenvalue weighted by Gasteiger charge is -2.02. The van der Waals surface area contributed by atoms with E-state index in [1.54, 1.807) is 6.07 Å². The summed E-state index contributed by atoms with van der Waals surface area (Å²) in [6, 6.07) is 7.06. The number of fused-ring (bicyclic) bond motifs is 1. The first-order chi connectivity index (χ1) is 8.06. The highest BCUT2D eigenvalue weighted by Gasteiger charge is 2.18. The molecule has 0 saturated heterocycles. The van der Waals surface area contributed by atoms with Crippen LogP contribution in [-0.2, 0) is 13.5 Å². The van der Waals surface area contributed by atoms with Crippen molar-refractivity contribution >= 4 is 16.6 Å². The monoisotopic (exact) mass is 229 g/mol. The van der Waals surface area contributed by atoms with E-state index in [9.17, 15) is 10.1 Å². The van der Waals surface area contributed by atoms with E-state index in [2.05, 4.69) is 0 Å². The van der Waals surface area contributed by atoms with Crippen LogP contribution in [0, 0.1) is 28.4 Å². The van der Waals surface area contributed by atoms with Crippen molar-refractivity contribution in [1.82, 2.24) is 4.57 Å². The van der Waals surface area contributed by atoms with Gasteiger partial charge in [-0.3, -0.25) is 10.1 Å². The van der Waals surface area contributed by atoms with Gasteiger partial charge < -0.3 is 4.57 Å². The van der Waals surface area contributed by atoms with E-state index in [0.717, 1.165) is 16.6 Å². The minimum Gasteiger partial charge on any atom is -0.348 e. The highest BCUT2D eigenvalue weighted by Crippen LogP contribution is 2.30. The summed E-state index contributed by atoms with van der Waals surface area (Å²) in [6.07, 6.45) is 0.0527. The van der Waals surface area contributed by atoms with Crippen molar-refractivity contribution < 1.29 is 4.92 Å². The average Bonchev–Trinajstić information content (AvgIpc) is 2.57. The summed E-state index contributed by atoms with van der Waals surface area (Å²) >= 11 is 0. The van der Waals surface area contributed by atoms with Crippen LogP contribution in [0.15, 0.2) is 18.2 Å². The van der Waals surface area contributed by atoms with Crippen LogP contribution in [0.2, 0.25) is 0 Å². The molecule has 0 aliphatic carbocycles. The highest BCUT2D eigenvalue weighted by molar-refractivity contribution is 5.88. The standard InChI is InChI=1S/C12H11N3O2/c1-8-7-10-9(5-6-13)12(15(16)17)4-3-11(10)14(8)2/h3-4,7H,5H2,1-2H3. The normalized spacial score (nSPS) is 10.4. The molecule has 0 bridgehead atoms. The van der Waals surface area contributed by atoms with E-state index in [1.807, 2.05) is 30.7 Å². The molecule has 0 N–H and O–H groups in total. The fraction of sp³-hybridized carbons (Fsp3) is 0.250. The van der Waals surface area contributed by atoms with Crippen LogP contribution in [0.25, 0.3) is 10.9 Å². The molecule has 1 heterocycles. The van der Waals surface area contributed by atoms with Crippen LogP contribution >= 0.6 is 0 Å². The minimum absolute atomic E-state index is 0.0182. The summed E-state index contributed by atoms with van der Waals surface area (Å²) in [5.41, 5.74) is 2.45. The molecule has 0 fully saturated rings. The molecule has 0 unspecified atom stereocenters. The largest absolute Gasteiger partial charge is 0.348 e. The quantitative estimate of drug-likeness (QED) is 0.586. The van der Waals surface area contributed by atoms with Gasteiger partial charge in [-0.15, -0.1) is 0 Å². The Morgan fingerprint density at radius 2 is 2.24 bits per heavy atom. The van der Waals surface area contributed by atoms with Crippen LogP contribution in [-0.4, -0.2) is 9.49 Å². The Hall–Kier alpha value is -2.35. The maximum absolute atomic E-state index is 10.9. The lowest BCUT2D eigenvalue weighted by Crippen LogP contribution is -1.96. The Bertz CT molecular complexity index is 650. The lowest BCUT2D eigenvalue weighted by molar-refractivity contribution is -0.385. The number of rotatable bonds is 2. The van der Waals surface area contributed by atoms with Gasteiger partial charge in [0, 0.05) is 29.7 Å². The van der Waals surface area contributed by atoms with Gasteiger partial charge in [0.2, 0.25) is 0 Å². The number of hydrogen-bond acceptors (Lipinski definition) is 3. The highest BCUT2D eigenvalue weighted by atomic mass is 16.6. The number of nitro benzene ring substituents is 1. The number of aromatic nitrogens is 1. The molecule has 0 aliphatic heterocycles. The van der Waals surface area contributed by atoms with Crippen LogP contribution in [0.4, 0.5) is 5.69 Å². The van der Waals surface area contributed by atoms with Crippen molar-refractivity contribution in [3.63, 3.8) is 0 Å². The molecule has 2 aromatic rings. The van der Waals surface area contributed by atoms with Crippen molar-refractivity contribution in [2.45, 2.75) is 13.3 Å². The molecule has 17 heavy (non-hydrogen) atoms. The molecule has 1 aromatic carbocycles. The number of nitriles is 1. The Labute approximate surface area is 98.0 Å². The Kier molecular flexibility index (Phi) is 2.56. The van der Waals surface area contributed by atoms with Crippen molar-refractivity contribution in [3.05, 3.63) is 39.6 Å². The molecule has 2 rings (SSSR count). The fourth-order valence-corrected chi connectivity index (χ4v) is 2.03. The summed E-state index contributed by atoms with van der Waals surface area (Å²) in [5, 5.41) is 20.5. The third-order valence-corrected chi connectivity index (χ3v) is 3.01. The predicted molar refractivity (Wildman–Crippen MR) is 63.6 cm³/mol. The SMILES string of the molecule is Cc1cc2c(CC#N)c([N+](=O)[O-])ccc2n1C. The Balaban J connectivity index is 2.85. The summed E-state index contributed by atoms with van der Waals surface area (Å²) in [5.74, 6) is 0. The third kappa shape index (κ3) is 1.64. The number of benzene rings is 1. The van der Waals surface area contributed by atoms with Crippen molar-refractivity contribution in [2.75, 3.05) is 0 Å². The maximum Gasteiger partial charge on any atom is 0.274 e. The third-order valence-electron chi connectivity index (χ3n) is 3.01. The van der Waals surface area contributed by atoms with Crippen LogP contribution < -0.4 is 0 Å². The van der Waals surface area contributed by atoms with Crippen molar-refractivity contribution in [1.29, 1.82) is 5.26 Å². The molecule has 1 aromatic heterocycles. The van der Waals surface area contributed by atoms with Gasteiger partial charge in [-0.25, -0.2) is 0 Å². The second kappa shape index (κ2) is 3.91. The van der Waals surface area contributed by atoms with Gasteiger partial charge in [0.1, 0.15) is 0 Å². The van der Waals surface area contributed by atoms with Gasteiger partial charge >= 0.3 is 0 Å². The molecule has 0 spiro atoms. The van der Waals surface area contributed by atoms with E-state index in [-0.39, 0.29) is 12.1 Å². The second-order valence-corrected chi connectivity index (χ2v) is 3.93. The second-order valence-electron chi connectivity index (χ2n) is 3.93. The summed E-state index contributed by atoms with van der Waals surface area (Å²) in [4.78, 5) is 10.5. The van der Waals surface area contributed by atoms with E-state index in [1.165, 1.54) is 6.07 Å². The first-order valence-electron chi connectivity index (χ1n) is 5.15. The van der Waals surface area contributed by atoms with E-state index in [0.29, 0.717) is 5.56 Å². The van der Waals surface area contributed by atoms with Gasteiger partial charge in [0.05, 0.1) is 23.0 Å². The first kappa shape index (κ1) is 11.1. The average molecular weight is 229 g/mol. The molecule has 86 valence electrons. The number of hydrogen-bond donors (Lipinski definition) is 0. The van der Waals surface area contributed by atoms with Gasteiger partial charge in [-0.2, -0.15) is 5.26 Å². The molecule has 5 nitrogen and oxygen atoms in total. The van der Waals surface area contributed by atoms with E-state index < -0.39 is 4.92 Å². The summed E-state index contributed by atoms with van der Waals surface area (Å²) < 4.78 is 1.96. The molecule has 0 amide bonds. The lowest BCUT2D eigenvalue weighted by atomic mass is 10.1. The molecule has 0 atom stereocenters. The molecule has 0 radical (unpaired) electrons. The van der Waals surface area contributed by atoms with Crippen LogP contribution in [0.1, 0.15) is 11.3 Å². The molecule has 0 saturated carbocycles. The maximum atomic E-state index is 10.9. The molecular weight excluding hydrogens is 218 g/mol. The summed E-state index contributed by atoms with van der Waals surface area (Å²) in [6.45, 7) is 1.93. The van der Waals surface area contributed by atoms with Gasteiger partial charge in [-0.1, -0.05) is 0 Å². The van der Waals surface area contributed by atoms with E-state index >= 15 is 0 Å². The number of nitro groups is 1. The van der Waals surface area contributed by atoms with Gasteiger partial charge in [0.25, 0.3) is 5.69 Å². The number of aryl methyl sites for hydroxylation is 2. The van der Waals surface area contributed by atoms with Gasteiger partial charge in [-0.05, 0) is 19.1 Å². The summed E-state index contributed by atoms with van der Waals surface area (Å²) in [7, 11) is 1.90. The first-order valence-corrected chi connectivity index (χ1v) is 5.15. The Morgan fingerprint density at radius 1 is 1.53 bits per heavy atom. The molecular formula is C12H11N3O2. The Morgan fingerprint density at radius 3 is 2.82 bits per heavy atom. The number of nitrogens with zero attached hydrogens (tertiary/aromatic N) is 3. The minimum atomic E-state index is -0.436. The van der Waals surface area contributed by atoms with Gasteiger partial charge in [0.15, 0.2) is 0 Å². The smallest absolute Gasteiger partial charge is 0.274 e. The fourth-order valence-electron chi connectivity index (χ4n) is 2.03. The van der Waals surface area contributed by atoms with Crippen molar-refractivity contribution in [3.8, 4) is 6.07 Å². The predicted octanol–water partition coefficient (Wildman–Crippen LogP) is 2.46. The zero-order valence-corrected chi connectivity index (χ0v) is 9.60. The van der Waals surface area contributed by atoms with Crippen LogP contribution in [0.5, 0.6) is 0 Å². The van der Waals surface area contributed by atoms with Crippen LogP contribution in [0.3, 0.4) is 0 Å². The van der Waals surface area contributed by atoms with E-state index in [4.69, 9.17) is 5.26 Å². The molecule has 0 aliphatic rings. The van der Waals surface area contributed by atoms with Crippen molar-refractivity contribution in [2.24, 2.45) is 7.05 Å². The molecule has 5 heteroatoms. The zero-order chi connectivity index (χ0) is 12.6. The zero-order valence-electron chi connectivity index (χ0n) is 9.60.